The van der Waals surface area contributed by atoms with Crippen LogP contribution in [0.3, 0.4) is 0 Å². The molecule has 0 aliphatic carbocycles. The summed E-state index contributed by atoms with van der Waals surface area (Å²) in [6.45, 7) is 3.40. The highest BCUT2D eigenvalue weighted by atomic mass is 16.6. The Morgan fingerprint density at radius 2 is 1.94 bits per heavy atom. The van der Waals surface area contributed by atoms with Gasteiger partial charge in [0.15, 0.2) is 0 Å². The van der Waals surface area contributed by atoms with Gasteiger partial charge in [0.1, 0.15) is 5.65 Å². The number of aromatic amines is 1. The third-order valence-electron chi connectivity index (χ3n) is 5.65. The number of hydrogen-bond donors (Lipinski definition) is 2. The second kappa shape index (κ2) is 10.3. The Hall–Kier alpha value is -4.30. The molecule has 0 amide bonds. The first-order chi connectivity index (χ1) is 16.9. The molecule has 35 heavy (non-hydrogen) atoms. The number of hydrogen-bond acceptors (Lipinski definition) is 6. The second-order valence-electron chi connectivity index (χ2n) is 8.50. The molecule has 178 valence electrons. The summed E-state index contributed by atoms with van der Waals surface area (Å²) in [5.41, 5.74) is 13.0. The topological polar surface area (TPSA) is 113 Å². The first-order valence-corrected chi connectivity index (χ1v) is 11.3. The van der Waals surface area contributed by atoms with Crippen molar-refractivity contribution in [2.45, 2.75) is 13.5 Å². The van der Waals surface area contributed by atoms with E-state index in [1.54, 1.807) is 24.5 Å². The predicted molar refractivity (Wildman–Crippen MR) is 142 cm³/mol. The molecule has 8 nitrogen and oxygen atoms in total. The van der Waals surface area contributed by atoms with Gasteiger partial charge >= 0.3 is 0 Å². The van der Waals surface area contributed by atoms with Crippen molar-refractivity contribution in [3.8, 4) is 11.3 Å². The number of nitrogens with zero attached hydrogens (tertiary/aromatic N) is 4. The van der Waals surface area contributed by atoms with Crippen LogP contribution >= 0.6 is 0 Å². The number of pyridine rings is 1. The molecular weight excluding hydrogens is 440 g/mol. The van der Waals surface area contributed by atoms with Gasteiger partial charge in [-0.1, -0.05) is 36.4 Å². The van der Waals surface area contributed by atoms with Crippen LogP contribution in [0.2, 0.25) is 0 Å². The molecule has 2 aromatic carbocycles. The van der Waals surface area contributed by atoms with Gasteiger partial charge in [-0.3, -0.25) is 15.1 Å². The number of nitrogens with two attached hydrogens (primary N) is 1. The van der Waals surface area contributed by atoms with Crippen LogP contribution in [-0.4, -0.2) is 46.6 Å². The highest BCUT2D eigenvalue weighted by molar-refractivity contribution is 6.22. The minimum Gasteiger partial charge on any atom is -0.398 e. The zero-order valence-corrected chi connectivity index (χ0v) is 20.0. The fourth-order valence-electron chi connectivity index (χ4n) is 3.98. The van der Waals surface area contributed by atoms with Crippen LogP contribution in [0.5, 0.6) is 0 Å². The van der Waals surface area contributed by atoms with Gasteiger partial charge in [0.2, 0.25) is 0 Å². The largest absolute Gasteiger partial charge is 0.398 e. The number of benzene rings is 2. The number of fused-ring (bicyclic) bond motifs is 1. The summed E-state index contributed by atoms with van der Waals surface area (Å²) in [5, 5.41) is 12.2. The molecule has 0 saturated carbocycles. The Labute approximate surface area is 204 Å². The molecule has 4 aromatic rings. The second-order valence-corrected chi connectivity index (χ2v) is 8.50. The zero-order valence-electron chi connectivity index (χ0n) is 20.0. The van der Waals surface area contributed by atoms with E-state index < -0.39 is 4.92 Å². The smallest absolute Gasteiger partial charge is 0.270 e. The van der Waals surface area contributed by atoms with Crippen molar-refractivity contribution >= 4 is 34.2 Å². The number of allylic oxidation sites excluding steroid dienone is 1. The van der Waals surface area contributed by atoms with Crippen LogP contribution in [-0.2, 0) is 6.54 Å². The van der Waals surface area contributed by atoms with E-state index in [1.807, 2.05) is 27.1 Å². The van der Waals surface area contributed by atoms with E-state index in [0.29, 0.717) is 23.4 Å². The van der Waals surface area contributed by atoms with Crippen molar-refractivity contribution in [2.24, 2.45) is 10.7 Å². The summed E-state index contributed by atoms with van der Waals surface area (Å²) in [7, 11) is 4.09. The SMILES string of the molecule is CCN=CC(=C(N)c1cccc([N+](=O)[O-])c1)c1ccnc2[nH]c(-c3ccc(CN(C)C)cc3)cc12. The molecule has 4 rings (SSSR count). The Morgan fingerprint density at radius 3 is 2.63 bits per heavy atom. The van der Waals surface area contributed by atoms with E-state index >= 15 is 0 Å². The molecule has 0 bridgehead atoms. The molecule has 0 unspecified atom stereocenters. The summed E-state index contributed by atoms with van der Waals surface area (Å²) in [6.07, 6.45) is 3.45. The van der Waals surface area contributed by atoms with Crippen LogP contribution in [0, 0.1) is 10.1 Å². The van der Waals surface area contributed by atoms with Gasteiger partial charge in [-0.05, 0) is 49.8 Å². The van der Waals surface area contributed by atoms with Crippen molar-refractivity contribution in [3.05, 3.63) is 93.7 Å². The highest BCUT2D eigenvalue weighted by Gasteiger charge is 2.16. The average molecular weight is 469 g/mol. The minimum absolute atomic E-state index is 0.0150. The van der Waals surface area contributed by atoms with Gasteiger partial charge in [0, 0.05) is 65.5 Å². The lowest BCUT2D eigenvalue weighted by Crippen LogP contribution is -2.10. The normalized spacial score (nSPS) is 12.5. The van der Waals surface area contributed by atoms with Crippen molar-refractivity contribution in [3.63, 3.8) is 0 Å². The van der Waals surface area contributed by atoms with Crippen molar-refractivity contribution in [2.75, 3.05) is 20.6 Å². The molecule has 0 fully saturated rings. The molecule has 2 aromatic heterocycles. The third kappa shape index (κ3) is 5.28. The summed E-state index contributed by atoms with van der Waals surface area (Å²) in [4.78, 5) is 25.3. The van der Waals surface area contributed by atoms with Gasteiger partial charge in [0.25, 0.3) is 5.69 Å². The van der Waals surface area contributed by atoms with E-state index in [4.69, 9.17) is 5.73 Å². The molecule has 3 N–H and O–H groups in total. The fourth-order valence-corrected chi connectivity index (χ4v) is 3.98. The van der Waals surface area contributed by atoms with E-state index in [-0.39, 0.29) is 5.69 Å². The molecule has 0 aliphatic heterocycles. The Bertz CT molecular complexity index is 1420. The Morgan fingerprint density at radius 1 is 1.17 bits per heavy atom. The Balaban J connectivity index is 1.82. The summed E-state index contributed by atoms with van der Waals surface area (Å²) in [6, 6.07) is 18.7. The fraction of sp³-hybridized carbons (Fsp3) is 0.185. The van der Waals surface area contributed by atoms with Gasteiger partial charge in [-0.25, -0.2) is 4.98 Å². The first kappa shape index (κ1) is 23.8. The lowest BCUT2D eigenvalue weighted by atomic mass is 9.98. The maximum Gasteiger partial charge on any atom is 0.270 e. The summed E-state index contributed by atoms with van der Waals surface area (Å²) in [5.74, 6) is 0. The quantitative estimate of drug-likeness (QED) is 0.212. The molecule has 0 radical (unpaired) electrons. The van der Waals surface area contributed by atoms with Crippen LogP contribution < -0.4 is 5.73 Å². The lowest BCUT2D eigenvalue weighted by Gasteiger charge is -2.10. The first-order valence-electron chi connectivity index (χ1n) is 11.3. The van der Waals surface area contributed by atoms with E-state index in [1.165, 1.54) is 17.7 Å². The number of H-pyrrole nitrogens is 1. The van der Waals surface area contributed by atoms with E-state index in [0.717, 1.165) is 34.4 Å². The van der Waals surface area contributed by atoms with E-state index in [9.17, 15) is 10.1 Å². The van der Waals surface area contributed by atoms with Gasteiger partial charge in [-0.15, -0.1) is 0 Å². The van der Waals surface area contributed by atoms with E-state index in [2.05, 4.69) is 50.2 Å². The number of aromatic nitrogens is 2. The molecule has 0 atom stereocenters. The van der Waals surface area contributed by atoms with Crippen molar-refractivity contribution in [1.82, 2.24) is 14.9 Å². The van der Waals surface area contributed by atoms with Crippen LogP contribution in [0.15, 0.2) is 71.9 Å². The summed E-state index contributed by atoms with van der Waals surface area (Å²) >= 11 is 0. The lowest BCUT2D eigenvalue weighted by molar-refractivity contribution is -0.384. The van der Waals surface area contributed by atoms with Crippen molar-refractivity contribution in [1.29, 1.82) is 0 Å². The number of nitro benzene ring substituents is 1. The minimum atomic E-state index is -0.427. The van der Waals surface area contributed by atoms with Gasteiger partial charge in [0.05, 0.1) is 4.92 Å². The van der Waals surface area contributed by atoms with Crippen LogP contribution in [0.1, 0.15) is 23.6 Å². The van der Waals surface area contributed by atoms with Gasteiger partial charge in [-0.2, -0.15) is 0 Å². The molecule has 0 spiro atoms. The number of nitrogens with one attached hydrogen (secondary N) is 1. The third-order valence-corrected chi connectivity index (χ3v) is 5.65. The predicted octanol–water partition coefficient (Wildman–Crippen LogP) is 5.12. The van der Waals surface area contributed by atoms with Crippen LogP contribution in [0.4, 0.5) is 5.69 Å². The van der Waals surface area contributed by atoms with Gasteiger partial charge < -0.3 is 15.6 Å². The molecule has 0 aliphatic rings. The monoisotopic (exact) mass is 468 g/mol. The number of rotatable bonds is 8. The maximum absolute atomic E-state index is 11.3. The highest BCUT2D eigenvalue weighted by Crippen LogP contribution is 2.31. The average Bonchev–Trinajstić information content (AvgIpc) is 3.29. The number of nitro groups is 1. The molecule has 0 saturated heterocycles. The molecule has 8 heteroatoms. The maximum atomic E-state index is 11.3. The molecule has 2 heterocycles. The zero-order chi connectivity index (χ0) is 24.9. The number of aliphatic imine (C=N–C) groups is 1. The molecular formula is C27H28N6O2. The standard InChI is InChI=1S/C27H28N6O2/c1-4-29-16-24(26(28)20-6-5-7-21(14-20)33(34)35)22-12-13-30-27-23(22)15-25(31-27)19-10-8-18(9-11-19)17-32(2)3/h5-16H,4,17,28H2,1-3H3,(H,30,31). The summed E-state index contributed by atoms with van der Waals surface area (Å²) < 4.78 is 0. The Kier molecular flexibility index (Phi) is 7.03. The number of non-ortho nitro benzene ring substituents is 1. The van der Waals surface area contributed by atoms with Crippen LogP contribution in [0.25, 0.3) is 33.6 Å². The van der Waals surface area contributed by atoms with Crippen molar-refractivity contribution < 1.29 is 4.92 Å².